The summed E-state index contributed by atoms with van der Waals surface area (Å²) in [5.74, 6) is 0.382. The number of likely N-dealkylation sites (tertiary alicyclic amines) is 1. The Balaban J connectivity index is 1.72. The van der Waals surface area contributed by atoms with E-state index in [0.29, 0.717) is 28.3 Å². The van der Waals surface area contributed by atoms with Crippen LogP contribution in [0.4, 0.5) is 0 Å². The molecule has 0 aromatic heterocycles. The van der Waals surface area contributed by atoms with Gasteiger partial charge in [-0.1, -0.05) is 30.3 Å². The Morgan fingerprint density at radius 3 is 2.56 bits per heavy atom. The van der Waals surface area contributed by atoms with E-state index in [-0.39, 0.29) is 18.4 Å². The lowest BCUT2D eigenvalue weighted by atomic mass is 10.0. The lowest BCUT2D eigenvalue weighted by Gasteiger charge is -2.16. The minimum absolute atomic E-state index is 0.203. The van der Waals surface area contributed by atoms with Crippen LogP contribution in [0.15, 0.2) is 54.1 Å². The average Bonchev–Trinajstić information content (AvgIpc) is 3.24. The molecule has 0 aliphatic carbocycles. The van der Waals surface area contributed by atoms with Gasteiger partial charge < -0.3 is 9.47 Å². The van der Waals surface area contributed by atoms with Crippen molar-refractivity contribution in [1.29, 1.82) is 0 Å². The predicted molar refractivity (Wildman–Crippen MR) is 96.5 cm³/mol. The number of ether oxygens (including phenoxy) is 2. The molecule has 138 valence electrons. The van der Waals surface area contributed by atoms with Crippen molar-refractivity contribution in [1.82, 2.24) is 10.4 Å². The Kier molecular flexibility index (Phi) is 4.29. The summed E-state index contributed by atoms with van der Waals surface area (Å²) in [5.41, 5.74) is 4.95. The zero-order chi connectivity index (χ0) is 19.0. The summed E-state index contributed by atoms with van der Waals surface area (Å²) in [5, 5.41) is 0. The average molecular weight is 366 g/mol. The maximum absolute atomic E-state index is 13.0. The first-order valence-corrected chi connectivity index (χ1v) is 8.42. The third-order valence-electron chi connectivity index (χ3n) is 4.64. The van der Waals surface area contributed by atoms with E-state index in [9.17, 15) is 9.59 Å². The Hall–Kier alpha value is -3.32. The predicted octanol–water partition coefficient (Wildman–Crippen LogP) is 1.89. The molecule has 2 aliphatic heterocycles. The zero-order valence-electron chi connectivity index (χ0n) is 14.9. The van der Waals surface area contributed by atoms with E-state index < -0.39 is 6.10 Å². The summed E-state index contributed by atoms with van der Waals surface area (Å²) >= 11 is 0. The van der Waals surface area contributed by atoms with Crippen molar-refractivity contribution in [2.24, 2.45) is 0 Å². The number of rotatable bonds is 5. The normalized spacial score (nSPS) is 18.6. The van der Waals surface area contributed by atoms with Crippen LogP contribution >= 0.6 is 0 Å². The van der Waals surface area contributed by atoms with Crippen LogP contribution in [0.25, 0.3) is 5.70 Å². The van der Waals surface area contributed by atoms with Crippen LogP contribution in [-0.2, 0) is 21.0 Å². The number of hydroxylamine groups is 1. The van der Waals surface area contributed by atoms with Crippen LogP contribution < -0.4 is 15.0 Å². The summed E-state index contributed by atoms with van der Waals surface area (Å²) in [6.45, 7) is 0.203. The molecule has 2 aromatic rings. The number of fused-ring (bicyclic) bond motifs is 1. The molecule has 0 saturated carbocycles. The molecule has 27 heavy (non-hydrogen) atoms. The van der Waals surface area contributed by atoms with Gasteiger partial charge in [0, 0.05) is 11.6 Å². The molecule has 4 rings (SSSR count). The van der Waals surface area contributed by atoms with Crippen molar-refractivity contribution >= 4 is 17.5 Å². The lowest BCUT2D eigenvalue weighted by Crippen LogP contribution is -2.33. The highest BCUT2D eigenvalue weighted by Gasteiger charge is 2.50. The van der Waals surface area contributed by atoms with E-state index in [0.717, 1.165) is 5.56 Å². The van der Waals surface area contributed by atoms with Crippen molar-refractivity contribution in [2.75, 3.05) is 14.2 Å². The second-order valence-corrected chi connectivity index (χ2v) is 6.17. The standard InChI is InChI=1S/C20H18N2O5/c1-25-13-8-9-14(15(10-13)26-2)17-16-18(27-21-17)20(24)22(19(16)23)11-12-6-4-3-5-7-12/h3-10,18,21H,11H2,1-2H3/t18-/m0/s1. The number of benzene rings is 2. The van der Waals surface area contributed by atoms with E-state index >= 15 is 0 Å². The summed E-state index contributed by atoms with van der Waals surface area (Å²) in [4.78, 5) is 32.3. The first-order chi connectivity index (χ1) is 13.1. The summed E-state index contributed by atoms with van der Waals surface area (Å²) in [7, 11) is 3.09. The van der Waals surface area contributed by atoms with Gasteiger partial charge in [0.05, 0.1) is 32.0 Å². The molecule has 2 amide bonds. The van der Waals surface area contributed by atoms with E-state index in [1.807, 2.05) is 30.3 Å². The zero-order valence-corrected chi connectivity index (χ0v) is 14.9. The number of nitrogens with one attached hydrogen (secondary N) is 1. The maximum Gasteiger partial charge on any atom is 0.266 e. The van der Waals surface area contributed by atoms with E-state index in [2.05, 4.69) is 5.48 Å². The minimum atomic E-state index is -0.956. The van der Waals surface area contributed by atoms with Crippen LogP contribution in [0, 0.1) is 0 Å². The number of carbonyl (C=O) groups excluding carboxylic acids is 2. The van der Waals surface area contributed by atoms with Crippen molar-refractivity contribution in [3.8, 4) is 11.5 Å². The fraction of sp³-hybridized carbons (Fsp3) is 0.200. The summed E-state index contributed by atoms with van der Waals surface area (Å²) in [6, 6.07) is 14.6. The highest BCUT2D eigenvalue weighted by atomic mass is 16.7. The molecule has 2 aromatic carbocycles. The van der Waals surface area contributed by atoms with Gasteiger partial charge in [-0.3, -0.25) is 24.8 Å². The quantitative estimate of drug-likeness (QED) is 0.815. The fourth-order valence-corrected chi connectivity index (χ4v) is 3.26. The molecule has 0 unspecified atom stereocenters. The lowest BCUT2D eigenvalue weighted by molar-refractivity contribution is -0.144. The second kappa shape index (κ2) is 6.77. The van der Waals surface area contributed by atoms with E-state index in [4.69, 9.17) is 14.3 Å². The number of nitrogens with zero attached hydrogens (tertiary/aromatic N) is 1. The van der Waals surface area contributed by atoms with Gasteiger partial charge in [-0.15, -0.1) is 0 Å². The number of imide groups is 1. The van der Waals surface area contributed by atoms with Crippen LogP contribution in [0.5, 0.6) is 11.5 Å². The third-order valence-corrected chi connectivity index (χ3v) is 4.64. The number of methoxy groups -OCH3 is 2. The Bertz CT molecular complexity index is 939. The van der Waals surface area contributed by atoms with Crippen molar-refractivity contribution in [3.05, 3.63) is 65.2 Å². The molecule has 7 heteroatoms. The first kappa shape index (κ1) is 17.1. The summed E-state index contributed by atoms with van der Waals surface area (Å²) in [6.07, 6.45) is -0.956. The molecule has 1 fully saturated rings. The summed E-state index contributed by atoms with van der Waals surface area (Å²) < 4.78 is 10.6. The molecule has 1 atom stereocenters. The van der Waals surface area contributed by atoms with Gasteiger partial charge in [0.1, 0.15) is 11.5 Å². The van der Waals surface area contributed by atoms with Crippen molar-refractivity contribution in [2.45, 2.75) is 12.6 Å². The molecule has 0 radical (unpaired) electrons. The molecule has 7 nitrogen and oxygen atoms in total. The molecular weight excluding hydrogens is 348 g/mol. The largest absolute Gasteiger partial charge is 0.497 e. The van der Waals surface area contributed by atoms with Gasteiger partial charge in [0.25, 0.3) is 11.8 Å². The molecule has 1 saturated heterocycles. The van der Waals surface area contributed by atoms with Gasteiger partial charge in [0.15, 0.2) is 6.10 Å². The van der Waals surface area contributed by atoms with Gasteiger partial charge in [-0.05, 0) is 17.7 Å². The minimum Gasteiger partial charge on any atom is -0.497 e. The monoisotopic (exact) mass is 366 g/mol. The Morgan fingerprint density at radius 2 is 1.85 bits per heavy atom. The fourth-order valence-electron chi connectivity index (χ4n) is 3.26. The smallest absolute Gasteiger partial charge is 0.266 e. The Labute approximate surface area is 156 Å². The van der Waals surface area contributed by atoms with Crippen LogP contribution in [-0.4, -0.2) is 37.0 Å². The molecule has 0 spiro atoms. The van der Waals surface area contributed by atoms with Gasteiger partial charge in [-0.2, -0.15) is 0 Å². The van der Waals surface area contributed by atoms with Crippen LogP contribution in [0.3, 0.4) is 0 Å². The second-order valence-electron chi connectivity index (χ2n) is 6.17. The van der Waals surface area contributed by atoms with Gasteiger partial charge >= 0.3 is 0 Å². The first-order valence-electron chi connectivity index (χ1n) is 8.42. The highest BCUT2D eigenvalue weighted by molar-refractivity contribution is 6.20. The van der Waals surface area contributed by atoms with E-state index in [1.54, 1.807) is 25.3 Å². The Morgan fingerprint density at radius 1 is 1.07 bits per heavy atom. The maximum atomic E-state index is 13.0. The van der Waals surface area contributed by atoms with Crippen LogP contribution in [0.2, 0.25) is 0 Å². The SMILES string of the molecule is COc1ccc(C2=C3C(=O)N(Cc4ccccc4)C(=O)[C@H]3ON2)c(OC)c1. The number of hydrogen-bond donors (Lipinski definition) is 1. The van der Waals surface area contributed by atoms with Gasteiger partial charge in [0.2, 0.25) is 0 Å². The highest BCUT2D eigenvalue weighted by Crippen LogP contribution is 2.38. The topological polar surface area (TPSA) is 77.1 Å². The molecule has 1 N–H and O–H groups in total. The molecule has 2 heterocycles. The number of amides is 2. The number of hydrogen-bond acceptors (Lipinski definition) is 6. The van der Waals surface area contributed by atoms with E-state index in [1.165, 1.54) is 12.0 Å². The molecule has 2 aliphatic rings. The van der Waals surface area contributed by atoms with Crippen LogP contribution in [0.1, 0.15) is 11.1 Å². The number of carbonyl (C=O) groups is 2. The van der Waals surface area contributed by atoms with Gasteiger partial charge in [-0.25, -0.2) is 0 Å². The molecular formula is C20H18N2O5. The molecule has 0 bridgehead atoms. The van der Waals surface area contributed by atoms with Crippen molar-refractivity contribution < 1.29 is 23.9 Å². The third kappa shape index (κ3) is 2.82. The van der Waals surface area contributed by atoms with Crippen molar-refractivity contribution in [3.63, 3.8) is 0 Å².